The minimum Gasteiger partial charge on any atom is -0.493 e. The Kier molecular flexibility index (Phi) is 7.50. The van der Waals surface area contributed by atoms with Crippen LogP contribution in [0.2, 0.25) is 0 Å². The molecule has 1 unspecified atom stereocenters. The molecule has 6 nitrogen and oxygen atoms in total. The first-order chi connectivity index (χ1) is 15.7. The Bertz CT molecular complexity index is 1020. The molecular weight excluding hydrogens is 439 g/mol. The molecule has 1 amide bonds. The SMILES string of the molecule is CCOC(=O)CCC(=O)N1CCc2cc(OC)c(OC)cc2C1c1cccc(C(F)(F)F)c1. The molecule has 0 aliphatic carbocycles. The summed E-state index contributed by atoms with van der Waals surface area (Å²) in [6, 6.07) is 7.66. The van der Waals surface area contributed by atoms with Crippen LogP contribution in [0, 0.1) is 0 Å². The third-order valence-electron chi connectivity index (χ3n) is 5.57. The number of benzene rings is 2. The lowest BCUT2D eigenvalue weighted by atomic mass is 9.86. The number of fused-ring (bicyclic) bond motifs is 1. The number of nitrogens with zero attached hydrogens (tertiary/aromatic N) is 1. The Hall–Kier alpha value is -3.23. The molecular formula is C24H26F3NO5. The molecule has 9 heteroatoms. The van der Waals surface area contributed by atoms with Crippen molar-refractivity contribution in [3.05, 3.63) is 58.7 Å². The van der Waals surface area contributed by atoms with Gasteiger partial charge in [-0.25, -0.2) is 0 Å². The average Bonchev–Trinajstić information content (AvgIpc) is 2.80. The quantitative estimate of drug-likeness (QED) is 0.562. The van der Waals surface area contributed by atoms with Crippen LogP contribution in [0.1, 0.15) is 48.1 Å². The average molecular weight is 465 g/mol. The van der Waals surface area contributed by atoms with E-state index in [1.165, 1.54) is 25.2 Å². The van der Waals surface area contributed by atoms with E-state index in [0.29, 0.717) is 29.0 Å². The van der Waals surface area contributed by atoms with Crippen molar-refractivity contribution in [3.8, 4) is 11.5 Å². The topological polar surface area (TPSA) is 65.1 Å². The second-order valence-corrected chi connectivity index (χ2v) is 7.57. The number of amides is 1. The number of carbonyl (C=O) groups excluding carboxylic acids is 2. The van der Waals surface area contributed by atoms with Gasteiger partial charge in [0.1, 0.15) is 0 Å². The number of alkyl halides is 3. The fraction of sp³-hybridized carbons (Fsp3) is 0.417. The molecule has 33 heavy (non-hydrogen) atoms. The molecule has 0 N–H and O–H groups in total. The lowest BCUT2D eigenvalue weighted by molar-refractivity contribution is -0.146. The van der Waals surface area contributed by atoms with E-state index in [0.717, 1.165) is 17.7 Å². The molecule has 2 aromatic rings. The summed E-state index contributed by atoms with van der Waals surface area (Å²) < 4.78 is 55.9. The summed E-state index contributed by atoms with van der Waals surface area (Å²) >= 11 is 0. The van der Waals surface area contributed by atoms with Crippen LogP contribution >= 0.6 is 0 Å². The molecule has 0 saturated carbocycles. The zero-order chi connectivity index (χ0) is 24.2. The van der Waals surface area contributed by atoms with Crippen molar-refractivity contribution < 1.29 is 37.0 Å². The molecule has 0 aromatic heterocycles. The number of halogens is 3. The summed E-state index contributed by atoms with van der Waals surface area (Å²) in [5.41, 5.74) is 1.03. The van der Waals surface area contributed by atoms with Gasteiger partial charge in [0.25, 0.3) is 0 Å². The van der Waals surface area contributed by atoms with Crippen molar-refractivity contribution in [1.29, 1.82) is 0 Å². The van der Waals surface area contributed by atoms with Gasteiger partial charge in [-0.2, -0.15) is 13.2 Å². The van der Waals surface area contributed by atoms with E-state index in [-0.39, 0.29) is 31.9 Å². The van der Waals surface area contributed by atoms with Crippen LogP contribution in [0.15, 0.2) is 36.4 Å². The lowest BCUT2D eigenvalue weighted by Gasteiger charge is -2.38. The van der Waals surface area contributed by atoms with Crippen LogP contribution in [0.3, 0.4) is 0 Å². The van der Waals surface area contributed by atoms with Crippen molar-refractivity contribution >= 4 is 11.9 Å². The van der Waals surface area contributed by atoms with E-state index in [2.05, 4.69) is 0 Å². The van der Waals surface area contributed by atoms with Gasteiger partial charge in [-0.15, -0.1) is 0 Å². The van der Waals surface area contributed by atoms with Crippen LogP contribution < -0.4 is 9.47 Å². The predicted molar refractivity (Wildman–Crippen MR) is 114 cm³/mol. The summed E-state index contributed by atoms with van der Waals surface area (Å²) in [7, 11) is 2.97. The largest absolute Gasteiger partial charge is 0.493 e. The van der Waals surface area contributed by atoms with Crippen LogP contribution in [0.5, 0.6) is 11.5 Å². The molecule has 1 heterocycles. The minimum absolute atomic E-state index is 0.0999. The van der Waals surface area contributed by atoms with Crippen molar-refractivity contribution in [3.63, 3.8) is 0 Å². The normalized spacial score (nSPS) is 15.6. The Morgan fingerprint density at radius 2 is 1.76 bits per heavy atom. The van der Waals surface area contributed by atoms with Gasteiger partial charge in [-0.3, -0.25) is 9.59 Å². The van der Waals surface area contributed by atoms with Gasteiger partial charge in [0.05, 0.1) is 38.9 Å². The number of hydrogen-bond acceptors (Lipinski definition) is 5. The first kappa shape index (κ1) is 24.4. The van der Waals surface area contributed by atoms with Crippen LogP contribution in [0.25, 0.3) is 0 Å². The second kappa shape index (κ2) is 10.1. The van der Waals surface area contributed by atoms with Crippen LogP contribution in [0.4, 0.5) is 13.2 Å². The third kappa shape index (κ3) is 5.40. The van der Waals surface area contributed by atoms with Gasteiger partial charge in [0.2, 0.25) is 5.91 Å². The van der Waals surface area contributed by atoms with E-state index < -0.39 is 23.8 Å². The number of hydrogen-bond donors (Lipinski definition) is 0. The van der Waals surface area contributed by atoms with Gasteiger partial charge in [0.15, 0.2) is 11.5 Å². The maximum absolute atomic E-state index is 13.4. The Labute approximate surface area is 190 Å². The first-order valence-corrected chi connectivity index (χ1v) is 10.6. The van der Waals surface area contributed by atoms with E-state index in [1.807, 2.05) is 0 Å². The summed E-state index contributed by atoms with van der Waals surface area (Å²) in [6.45, 7) is 2.16. The minimum atomic E-state index is -4.52. The van der Waals surface area contributed by atoms with Crippen molar-refractivity contribution in [2.75, 3.05) is 27.4 Å². The van der Waals surface area contributed by atoms with E-state index in [1.54, 1.807) is 25.1 Å². The number of methoxy groups -OCH3 is 2. The highest BCUT2D eigenvalue weighted by atomic mass is 19.4. The highest BCUT2D eigenvalue weighted by molar-refractivity contribution is 5.82. The maximum atomic E-state index is 13.4. The van der Waals surface area contributed by atoms with Crippen molar-refractivity contribution in [2.45, 2.75) is 38.4 Å². The van der Waals surface area contributed by atoms with Crippen LogP contribution in [-0.4, -0.2) is 44.1 Å². The van der Waals surface area contributed by atoms with Crippen LogP contribution in [-0.2, 0) is 26.9 Å². The van der Waals surface area contributed by atoms with Crippen molar-refractivity contribution in [2.24, 2.45) is 0 Å². The number of carbonyl (C=O) groups is 2. The second-order valence-electron chi connectivity index (χ2n) is 7.57. The molecule has 0 fully saturated rings. The molecule has 2 aromatic carbocycles. The van der Waals surface area contributed by atoms with Gasteiger partial charge in [0, 0.05) is 13.0 Å². The van der Waals surface area contributed by atoms with Crippen molar-refractivity contribution in [1.82, 2.24) is 4.90 Å². The smallest absolute Gasteiger partial charge is 0.416 e. The fourth-order valence-corrected chi connectivity index (χ4v) is 4.04. The summed E-state index contributed by atoms with van der Waals surface area (Å²) in [5.74, 6) is 0.0753. The zero-order valence-corrected chi connectivity index (χ0v) is 18.7. The highest BCUT2D eigenvalue weighted by Crippen LogP contribution is 2.42. The summed E-state index contributed by atoms with van der Waals surface area (Å²) in [6.07, 6.45) is -4.24. The maximum Gasteiger partial charge on any atom is 0.416 e. The Morgan fingerprint density at radius 3 is 2.39 bits per heavy atom. The van der Waals surface area contributed by atoms with Gasteiger partial charge in [-0.1, -0.05) is 12.1 Å². The first-order valence-electron chi connectivity index (χ1n) is 10.6. The molecule has 1 aliphatic rings. The third-order valence-corrected chi connectivity index (χ3v) is 5.57. The fourth-order valence-electron chi connectivity index (χ4n) is 4.04. The van der Waals surface area contributed by atoms with Gasteiger partial charge >= 0.3 is 12.1 Å². The van der Waals surface area contributed by atoms with Gasteiger partial charge < -0.3 is 19.1 Å². The molecule has 0 radical (unpaired) electrons. The molecule has 0 saturated heterocycles. The van der Waals surface area contributed by atoms with E-state index in [9.17, 15) is 22.8 Å². The Balaban J connectivity index is 2.06. The monoisotopic (exact) mass is 465 g/mol. The standard InChI is InChI=1S/C24H26F3NO5/c1-4-33-22(30)9-8-21(29)28-11-10-15-13-19(31-2)20(32-3)14-18(15)23(28)16-6-5-7-17(12-16)24(25,26)27/h5-7,12-14,23H,4,8-11H2,1-3H3. The number of ether oxygens (including phenoxy) is 3. The highest BCUT2D eigenvalue weighted by Gasteiger charge is 2.36. The predicted octanol–water partition coefficient (Wildman–Crippen LogP) is 4.54. The molecule has 0 bridgehead atoms. The van der Waals surface area contributed by atoms with E-state index in [4.69, 9.17) is 14.2 Å². The molecule has 1 atom stereocenters. The van der Waals surface area contributed by atoms with E-state index >= 15 is 0 Å². The molecule has 1 aliphatic heterocycles. The lowest BCUT2D eigenvalue weighted by Crippen LogP contribution is -2.41. The number of esters is 1. The molecule has 178 valence electrons. The zero-order valence-electron chi connectivity index (χ0n) is 18.7. The Morgan fingerprint density at radius 1 is 1.06 bits per heavy atom. The number of rotatable bonds is 7. The molecule has 0 spiro atoms. The van der Waals surface area contributed by atoms with Gasteiger partial charge in [-0.05, 0) is 54.3 Å². The summed E-state index contributed by atoms with van der Waals surface area (Å²) in [4.78, 5) is 26.4. The summed E-state index contributed by atoms with van der Waals surface area (Å²) in [5, 5.41) is 0. The molecule has 3 rings (SSSR count).